The summed E-state index contributed by atoms with van der Waals surface area (Å²) in [6, 6.07) is 0. The van der Waals surface area contributed by atoms with Crippen LogP contribution in [0.1, 0.15) is 117 Å². The molecule has 0 rings (SSSR count). The molecule has 0 aromatic rings. The van der Waals surface area contributed by atoms with Crippen molar-refractivity contribution < 1.29 is 19.1 Å². The SMILES string of the molecule is CCCCCCCC(=O)OCCC(CCC)OC(=O)CCCCCCC. The normalized spacial score (nSPS) is 12.0. The highest BCUT2D eigenvalue weighted by Crippen LogP contribution is 2.12. The quantitative estimate of drug-likeness (QED) is 0.208. The van der Waals surface area contributed by atoms with Gasteiger partial charge in [-0.2, -0.15) is 0 Å². The zero-order chi connectivity index (χ0) is 19.5. The Balaban J connectivity index is 3.83. The number of unbranched alkanes of at least 4 members (excludes halogenated alkanes) is 8. The van der Waals surface area contributed by atoms with Crippen LogP contribution in [0.3, 0.4) is 0 Å². The fourth-order valence-electron chi connectivity index (χ4n) is 2.95. The van der Waals surface area contributed by atoms with Crippen LogP contribution >= 0.6 is 0 Å². The number of ether oxygens (including phenoxy) is 2. The maximum absolute atomic E-state index is 12.0. The number of hydrogen-bond acceptors (Lipinski definition) is 4. The van der Waals surface area contributed by atoms with Crippen molar-refractivity contribution >= 4 is 11.9 Å². The van der Waals surface area contributed by atoms with E-state index in [0.29, 0.717) is 25.9 Å². The van der Waals surface area contributed by atoms with Gasteiger partial charge in [0, 0.05) is 19.3 Å². The summed E-state index contributed by atoms with van der Waals surface area (Å²) in [7, 11) is 0. The van der Waals surface area contributed by atoms with Crippen molar-refractivity contribution in [3.05, 3.63) is 0 Å². The maximum Gasteiger partial charge on any atom is 0.306 e. The first kappa shape index (κ1) is 24.9. The molecule has 0 aliphatic carbocycles. The minimum Gasteiger partial charge on any atom is -0.466 e. The lowest BCUT2D eigenvalue weighted by Gasteiger charge is -2.17. The first-order chi connectivity index (χ1) is 12.6. The number of esters is 2. The Morgan fingerprint density at radius 3 is 1.73 bits per heavy atom. The minimum atomic E-state index is -0.126. The molecule has 1 unspecified atom stereocenters. The standard InChI is InChI=1S/C22H42O4/c1-4-7-9-11-13-16-21(23)25-19-18-20(15-6-3)26-22(24)17-14-12-10-8-5-2/h20H,4-19H2,1-3H3. The molecule has 0 saturated carbocycles. The summed E-state index contributed by atoms with van der Waals surface area (Å²) in [4.78, 5) is 23.7. The highest BCUT2D eigenvalue weighted by molar-refractivity contribution is 5.69. The molecule has 4 nitrogen and oxygen atoms in total. The van der Waals surface area contributed by atoms with Crippen LogP contribution in [-0.4, -0.2) is 24.6 Å². The Bertz CT molecular complexity index is 341. The molecule has 4 heteroatoms. The van der Waals surface area contributed by atoms with E-state index in [2.05, 4.69) is 20.8 Å². The van der Waals surface area contributed by atoms with Crippen molar-refractivity contribution in [3.63, 3.8) is 0 Å². The van der Waals surface area contributed by atoms with Crippen LogP contribution in [0.5, 0.6) is 0 Å². The smallest absolute Gasteiger partial charge is 0.306 e. The van der Waals surface area contributed by atoms with Crippen LogP contribution in [0.4, 0.5) is 0 Å². The molecule has 0 amide bonds. The van der Waals surface area contributed by atoms with Gasteiger partial charge in [-0.25, -0.2) is 0 Å². The van der Waals surface area contributed by atoms with Crippen LogP contribution < -0.4 is 0 Å². The molecule has 0 N–H and O–H groups in total. The lowest BCUT2D eigenvalue weighted by Crippen LogP contribution is -2.21. The second-order valence-electron chi connectivity index (χ2n) is 7.24. The molecule has 0 aromatic carbocycles. The van der Waals surface area contributed by atoms with E-state index in [0.717, 1.165) is 38.5 Å². The van der Waals surface area contributed by atoms with Gasteiger partial charge in [-0.15, -0.1) is 0 Å². The number of carbonyl (C=O) groups excluding carboxylic acids is 2. The van der Waals surface area contributed by atoms with Gasteiger partial charge in [-0.1, -0.05) is 78.6 Å². The van der Waals surface area contributed by atoms with Crippen molar-refractivity contribution in [2.24, 2.45) is 0 Å². The van der Waals surface area contributed by atoms with Crippen LogP contribution in [0.2, 0.25) is 0 Å². The number of hydrogen-bond donors (Lipinski definition) is 0. The van der Waals surface area contributed by atoms with E-state index in [-0.39, 0.29) is 18.0 Å². The van der Waals surface area contributed by atoms with Gasteiger partial charge in [0.2, 0.25) is 0 Å². The summed E-state index contributed by atoms with van der Waals surface area (Å²) in [5.41, 5.74) is 0. The average molecular weight is 371 g/mol. The second kappa shape index (κ2) is 18.7. The largest absolute Gasteiger partial charge is 0.466 e. The fraction of sp³-hybridized carbons (Fsp3) is 0.909. The van der Waals surface area contributed by atoms with E-state index in [1.54, 1.807) is 0 Å². The highest BCUT2D eigenvalue weighted by atomic mass is 16.6. The van der Waals surface area contributed by atoms with Gasteiger partial charge in [0.25, 0.3) is 0 Å². The Morgan fingerprint density at radius 1 is 0.654 bits per heavy atom. The van der Waals surface area contributed by atoms with E-state index < -0.39 is 0 Å². The molecule has 0 heterocycles. The second-order valence-corrected chi connectivity index (χ2v) is 7.24. The van der Waals surface area contributed by atoms with Gasteiger partial charge in [0.1, 0.15) is 6.10 Å². The molecule has 1 atom stereocenters. The molecule has 154 valence electrons. The van der Waals surface area contributed by atoms with Crippen LogP contribution in [-0.2, 0) is 19.1 Å². The summed E-state index contributed by atoms with van der Waals surface area (Å²) in [5.74, 6) is -0.235. The molecule has 0 bridgehead atoms. The Morgan fingerprint density at radius 2 is 1.19 bits per heavy atom. The average Bonchev–Trinajstić information content (AvgIpc) is 2.61. The minimum absolute atomic E-state index is 0.109. The van der Waals surface area contributed by atoms with E-state index >= 15 is 0 Å². The topological polar surface area (TPSA) is 52.6 Å². The van der Waals surface area contributed by atoms with Crippen molar-refractivity contribution in [2.75, 3.05) is 6.61 Å². The molecule has 0 aliphatic rings. The highest BCUT2D eigenvalue weighted by Gasteiger charge is 2.14. The van der Waals surface area contributed by atoms with Gasteiger partial charge in [0.05, 0.1) is 6.61 Å². The number of rotatable bonds is 18. The Labute approximate surface area is 161 Å². The van der Waals surface area contributed by atoms with Crippen LogP contribution in [0.15, 0.2) is 0 Å². The first-order valence-electron chi connectivity index (χ1n) is 11.0. The summed E-state index contributed by atoms with van der Waals surface area (Å²) < 4.78 is 10.9. The van der Waals surface area contributed by atoms with E-state index in [4.69, 9.17) is 9.47 Å². The molecule has 0 aliphatic heterocycles. The van der Waals surface area contributed by atoms with E-state index in [1.807, 2.05) is 0 Å². The third-order valence-electron chi connectivity index (χ3n) is 4.58. The zero-order valence-electron chi connectivity index (χ0n) is 17.5. The molecule has 0 fully saturated rings. The van der Waals surface area contributed by atoms with Crippen molar-refractivity contribution in [1.82, 2.24) is 0 Å². The summed E-state index contributed by atoms with van der Waals surface area (Å²) in [5, 5.41) is 0. The molecule has 0 radical (unpaired) electrons. The third-order valence-corrected chi connectivity index (χ3v) is 4.58. The fourth-order valence-corrected chi connectivity index (χ4v) is 2.95. The van der Waals surface area contributed by atoms with Crippen LogP contribution in [0.25, 0.3) is 0 Å². The molecular formula is C22H42O4. The van der Waals surface area contributed by atoms with Gasteiger partial charge in [-0.05, 0) is 19.3 Å². The monoisotopic (exact) mass is 370 g/mol. The zero-order valence-corrected chi connectivity index (χ0v) is 17.5. The molecule has 0 aromatic heterocycles. The molecule has 0 spiro atoms. The van der Waals surface area contributed by atoms with Gasteiger partial charge in [-0.3, -0.25) is 9.59 Å². The van der Waals surface area contributed by atoms with Crippen molar-refractivity contribution in [2.45, 2.75) is 123 Å². The van der Waals surface area contributed by atoms with E-state index in [1.165, 1.54) is 38.5 Å². The summed E-state index contributed by atoms with van der Waals surface area (Å²) >= 11 is 0. The first-order valence-corrected chi connectivity index (χ1v) is 11.0. The summed E-state index contributed by atoms with van der Waals surface area (Å²) in [6.45, 7) is 6.79. The van der Waals surface area contributed by atoms with Crippen LogP contribution in [0, 0.1) is 0 Å². The van der Waals surface area contributed by atoms with E-state index in [9.17, 15) is 9.59 Å². The Kier molecular flexibility index (Phi) is 18.0. The third kappa shape index (κ3) is 16.4. The number of carbonyl (C=O) groups is 2. The van der Waals surface area contributed by atoms with Crippen molar-refractivity contribution in [1.29, 1.82) is 0 Å². The predicted octanol–water partition coefficient (Wildman–Crippen LogP) is 6.35. The predicted molar refractivity (Wildman–Crippen MR) is 107 cm³/mol. The molecule has 26 heavy (non-hydrogen) atoms. The molecular weight excluding hydrogens is 328 g/mol. The summed E-state index contributed by atoms with van der Waals surface area (Å²) in [6.07, 6.45) is 14.5. The Hall–Kier alpha value is -1.06. The lowest BCUT2D eigenvalue weighted by molar-refractivity contribution is -0.151. The van der Waals surface area contributed by atoms with Gasteiger partial charge >= 0.3 is 11.9 Å². The maximum atomic E-state index is 12.0. The van der Waals surface area contributed by atoms with Gasteiger partial charge < -0.3 is 9.47 Å². The lowest BCUT2D eigenvalue weighted by atomic mass is 10.1. The van der Waals surface area contributed by atoms with Gasteiger partial charge in [0.15, 0.2) is 0 Å². The van der Waals surface area contributed by atoms with Crippen molar-refractivity contribution in [3.8, 4) is 0 Å². The molecule has 0 saturated heterocycles.